The molecule has 0 aromatic heterocycles. The van der Waals surface area contributed by atoms with E-state index in [1.54, 1.807) is 0 Å². The molecular weight excluding hydrogens is 429 g/mol. The Morgan fingerprint density at radius 2 is 1.81 bits per heavy atom. The predicted octanol–water partition coefficient (Wildman–Crippen LogP) is 3.37. The Balaban J connectivity index is 1.87. The van der Waals surface area contributed by atoms with Crippen LogP contribution >= 0.6 is 0 Å². The summed E-state index contributed by atoms with van der Waals surface area (Å²) in [7, 11) is -1.96. The van der Waals surface area contributed by atoms with Crippen molar-refractivity contribution in [1.29, 1.82) is 0 Å². The van der Waals surface area contributed by atoms with Crippen molar-refractivity contribution in [2.45, 2.75) is 49.5 Å². The van der Waals surface area contributed by atoms with Crippen molar-refractivity contribution in [3.63, 3.8) is 0 Å². The maximum atomic E-state index is 14.6. The summed E-state index contributed by atoms with van der Waals surface area (Å²) in [5.41, 5.74) is 7.17. The van der Waals surface area contributed by atoms with Gasteiger partial charge in [0.15, 0.2) is 0 Å². The van der Waals surface area contributed by atoms with Crippen molar-refractivity contribution < 1.29 is 12.8 Å². The highest BCUT2D eigenvalue weighted by molar-refractivity contribution is 7.89. The van der Waals surface area contributed by atoms with E-state index in [2.05, 4.69) is 14.9 Å². The van der Waals surface area contributed by atoms with Crippen molar-refractivity contribution in [3.05, 3.63) is 59.9 Å². The van der Waals surface area contributed by atoms with Gasteiger partial charge in [0.25, 0.3) is 0 Å². The van der Waals surface area contributed by atoms with Crippen molar-refractivity contribution in [2.75, 3.05) is 13.6 Å². The fourth-order valence-electron chi connectivity index (χ4n) is 3.88. The molecule has 0 atom stereocenters. The Bertz CT molecular complexity index is 1080. The van der Waals surface area contributed by atoms with Gasteiger partial charge in [0, 0.05) is 12.5 Å². The first kappa shape index (κ1) is 24.0. The van der Waals surface area contributed by atoms with Gasteiger partial charge in [0.1, 0.15) is 23.2 Å². The van der Waals surface area contributed by atoms with E-state index in [1.165, 1.54) is 31.4 Å². The van der Waals surface area contributed by atoms with E-state index in [-0.39, 0.29) is 10.6 Å². The number of nitrogens with zero attached hydrogens (tertiary/aromatic N) is 3. The van der Waals surface area contributed by atoms with Gasteiger partial charge in [-0.3, -0.25) is 4.90 Å². The third kappa shape index (κ3) is 6.94. The standard InChI is InChI=1S/C23H30FN5O2S/c1-29(18-10-6-3-7-11-18)16-22(25)28-23(14-17-8-4-2-5-9-17)27-21-13-12-19(15-20(21)24)32(26,30)31/h2,4-5,8-9,12-13,15,18H,3,6-7,10-11,14,16H2,1H3,(H2,25,27,28)(H2,26,30,31). The van der Waals surface area contributed by atoms with Crippen LogP contribution in [-0.2, 0) is 16.4 Å². The number of aliphatic imine (C=N–C) groups is 2. The molecule has 0 bridgehead atoms. The molecule has 2 aromatic rings. The lowest BCUT2D eigenvalue weighted by Gasteiger charge is -2.30. The Hall–Kier alpha value is -2.62. The summed E-state index contributed by atoms with van der Waals surface area (Å²) in [6.07, 6.45) is 6.37. The van der Waals surface area contributed by atoms with Gasteiger partial charge in [-0.15, -0.1) is 0 Å². The summed E-state index contributed by atoms with van der Waals surface area (Å²) >= 11 is 0. The molecule has 1 aliphatic rings. The van der Waals surface area contributed by atoms with Gasteiger partial charge in [0.2, 0.25) is 10.0 Å². The molecule has 0 heterocycles. The Labute approximate surface area is 189 Å². The molecule has 1 aliphatic carbocycles. The van der Waals surface area contributed by atoms with Crippen molar-refractivity contribution in [2.24, 2.45) is 20.9 Å². The summed E-state index contributed by atoms with van der Waals surface area (Å²) in [5.74, 6) is -0.0579. The minimum absolute atomic E-state index is 0.0273. The number of hydrogen-bond acceptors (Lipinski definition) is 4. The van der Waals surface area contributed by atoms with Crippen LogP contribution in [0, 0.1) is 5.82 Å². The SMILES string of the molecule is CN(CC(N)=NC(Cc1ccccc1)=Nc1ccc(S(N)(=O)=O)cc1F)C1CCCCC1. The average molecular weight is 460 g/mol. The van der Waals surface area contributed by atoms with Gasteiger partial charge in [-0.2, -0.15) is 0 Å². The van der Waals surface area contributed by atoms with Crippen LogP contribution in [-0.4, -0.2) is 44.6 Å². The highest BCUT2D eigenvalue weighted by Gasteiger charge is 2.19. The second-order valence-electron chi connectivity index (χ2n) is 8.16. The fraction of sp³-hybridized carbons (Fsp3) is 0.391. The number of halogens is 1. The lowest BCUT2D eigenvalue weighted by Crippen LogP contribution is -2.39. The third-order valence-electron chi connectivity index (χ3n) is 5.58. The molecule has 4 N–H and O–H groups in total. The number of sulfonamides is 1. The van der Waals surface area contributed by atoms with Crippen LogP contribution in [0.4, 0.5) is 10.1 Å². The minimum atomic E-state index is -4.00. The fourth-order valence-corrected chi connectivity index (χ4v) is 4.41. The number of amidine groups is 2. The second-order valence-corrected chi connectivity index (χ2v) is 9.72. The maximum Gasteiger partial charge on any atom is 0.238 e. The zero-order valence-electron chi connectivity index (χ0n) is 18.2. The number of primary sulfonamides is 1. The largest absolute Gasteiger partial charge is 0.386 e. The molecule has 0 saturated heterocycles. The molecule has 32 heavy (non-hydrogen) atoms. The number of hydrogen-bond donors (Lipinski definition) is 2. The lowest BCUT2D eigenvalue weighted by molar-refractivity contribution is 0.214. The molecular formula is C23H30FN5O2S. The molecule has 172 valence electrons. The van der Waals surface area contributed by atoms with Gasteiger partial charge in [-0.25, -0.2) is 27.9 Å². The Morgan fingerprint density at radius 1 is 1.12 bits per heavy atom. The molecule has 2 aromatic carbocycles. The highest BCUT2D eigenvalue weighted by atomic mass is 32.2. The molecule has 1 saturated carbocycles. The van der Waals surface area contributed by atoms with Crippen LogP contribution in [0.15, 0.2) is 63.4 Å². The minimum Gasteiger partial charge on any atom is -0.386 e. The van der Waals surface area contributed by atoms with E-state index >= 15 is 0 Å². The van der Waals surface area contributed by atoms with Crippen LogP contribution in [0.5, 0.6) is 0 Å². The number of likely N-dealkylation sites (N-methyl/N-ethyl adjacent to an activating group) is 1. The molecule has 0 amide bonds. The van der Waals surface area contributed by atoms with E-state index in [0.29, 0.717) is 30.7 Å². The number of benzene rings is 2. The number of nitrogens with two attached hydrogens (primary N) is 2. The van der Waals surface area contributed by atoms with Gasteiger partial charge < -0.3 is 5.73 Å². The molecule has 0 radical (unpaired) electrons. The van der Waals surface area contributed by atoms with Crippen molar-refractivity contribution in [1.82, 2.24) is 4.90 Å². The van der Waals surface area contributed by atoms with Crippen molar-refractivity contribution >= 4 is 27.4 Å². The van der Waals surface area contributed by atoms with E-state index in [4.69, 9.17) is 10.9 Å². The van der Waals surface area contributed by atoms with Gasteiger partial charge in [-0.1, -0.05) is 49.6 Å². The topological polar surface area (TPSA) is 114 Å². The smallest absolute Gasteiger partial charge is 0.238 e. The summed E-state index contributed by atoms with van der Waals surface area (Å²) < 4.78 is 37.5. The molecule has 0 aliphatic heterocycles. The summed E-state index contributed by atoms with van der Waals surface area (Å²) in [6, 6.07) is 13.4. The summed E-state index contributed by atoms with van der Waals surface area (Å²) in [6.45, 7) is 0.491. The number of rotatable bonds is 7. The van der Waals surface area contributed by atoms with Crippen LogP contribution in [0.1, 0.15) is 37.7 Å². The Morgan fingerprint density at radius 3 is 2.44 bits per heavy atom. The molecule has 1 fully saturated rings. The molecule has 0 spiro atoms. The quantitative estimate of drug-likeness (QED) is 0.488. The summed E-state index contributed by atoms with van der Waals surface area (Å²) in [4.78, 5) is 10.8. The van der Waals surface area contributed by atoms with Crippen LogP contribution in [0.3, 0.4) is 0 Å². The molecule has 9 heteroatoms. The normalized spacial score (nSPS) is 16.5. The zero-order valence-corrected chi connectivity index (χ0v) is 19.1. The van der Waals surface area contributed by atoms with Crippen molar-refractivity contribution in [3.8, 4) is 0 Å². The van der Waals surface area contributed by atoms with E-state index in [1.807, 2.05) is 37.4 Å². The summed E-state index contributed by atoms with van der Waals surface area (Å²) in [5, 5.41) is 5.08. The predicted molar refractivity (Wildman–Crippen MR) is 126 cm³/mol. The third-order valence-corrected chi connectivity index (χ3v) is 6.50. The average Bonchev–Trinajstić information content (AvgIpc) is 2.75. The van der Waals surface area contributed by atoms with Crippen LogP contribution in [0.2, 0.25) is 0 Å². The van der Waals surface area contributed by atoms with E-state index < -0.39 is 15.8 Å². The second kappa shape index (κ2) is 10.8. The zero-order chi connectivity index (χ0) is 23.1. The van der Waals surface area contributed by atoms with Crippen LogP contribution < -0.4 is 10.9 Å². The Kier molecular flexibility index (Phi) is 8.11. The first-order valence-corrected chi connectivity index (χ1v) is 12.2. The van der Waals surface area contributed by atoms with Gasteiger partial charge in [-0.05, 0) is 43.7 Å². The highest BCUT2D eigenvalue weighted by Crippen LogP contribution is 2.23. The van der Waals surface area contributed by atoms with E-state index in [9.17, 15) is 12.8 Å². The lowest BCUT2D eigenvalue weighted by atomic mass is 9.94. The van der Waals surface area contributed by atoms with Gasteiger partial charge >= 0.3 is 0 Å². The first-order chi connectivity index (χ1) is 15.2. The van der Waals surface area contributed by atoms with E-state index in [0.717, 1.165) is 24.5 Å². The molecule has 3 rings (SSSR count). The van der Waals surface area contributed by atoms with Gasteiger partial charge in [0.05, 0.1) is 11.4 Å². The molecule has 7 nitrogen and oxygen atoms in total. The first-order valence-electron chi connectivity index (χ1n) is 10.7. The van der Waals surface area contributed by atoms with Crippen LogP contribution in [0.25, 0.3) is 0 Å². The maximum absolute atomic E-state index is 14.6. The monoisotopic (exact) mass is 459 g/mol. The molecule has 0 unspecified atom stereocenters.